The van der Waals surface area contributed by atoms with E-state index in [1.54, 1.807) is 37.6 Å². The van der Waals surface area contributed by atoms with Gasteiger partial charge < -0.3 is 10.1 Å². The number of nitrogens with one attached hydrogen (secondary N) is 1. The van der Waals surface area contributed by atoms with Crippen LogP contribution in [0.15, 0.2) is 54.7 Å². The number of carbonyl (C=O) groups excluding carboxylic acids is 1. The van der Waals surface area contributed by atoms with E-state index in [-0.39, 0.29) is 17.6 Å². The minimum absolute atomic E-state index is 0.207. The second kappa shape index (κ2) is 9.87. The fourth-order valence-electron chi connectivity index (χ4n) is 3.97. The maximum atomic E-state index is 13.1. The number of hydrogen-bond donors (Lipinski definition) is 1. The smallest absolute Gasteiger partial charge is 0.259 e. The fraction of sp³-hybridized carbons (Fsp3) is 0.320. The molecule has 7 heteroatoms. The van der Waals surface area contributed by atoms with Crippen LogP contribution in [0.4, 0.5) is 10.1 Å². The summed E-state index contributed by atoms with van der Waals surface area (Å²) in [7, 11) is 1.60. The van der Waals surface area contributed by atoms with Gasteiger partial charge >= 0.3 is 0 Å². The molecule has 32 heavy (non-hydrogen) atoms. The van der Waals surface area contributed by atoms with Gasteiger partial charge in [0.15, 0.2) is 0 Å². The summed E-state index contributed by atoms with van der Waals surface area (Å²) in [5.41, 5.74) is 2.95. The fourth-order valence-corrected chi connectivity index (χ4v) is 3.97. The van der Waals surface area contributed by atoms with E-state index in [1.165, 1.54) is 12.1 Å². The Balaban J connectivity index is 1.34. The summed E-state index contributed by atoms with van der Waals surface area (Å²) in [5.74, 6) is 1.37. The van der Waals surface area contributed by atoms with Gasteiger partial charge in [0.1, 0.15) is 17.4 Å². The Morgan fingerprint density at radius 2 is 1.81 bits per heavy atom. The summed E-state index contributed by atoms with van der Waals surface area (Å²) in [6.07, 6.45) is 3.54. The molecule has 2 aromatic carbocycles. The first-order chi connectivity index (χ1) is 15.5. The number of anilines is 1. The highest BCUT2D eigenvalue weighted by atomic mass is 19.1. The summed E-state index contributed by atoms with van der Waals surface area (Å²) >= 11 is 0. The van der Waals surface area contributed by atoms with Crippen LogP contribution in [0.5, 0.6) is 5.75 Å². The van der Waals surface area contributed by atoms with Gasteiger partial charge in [0.05, 0.1) is 18.4 Å². The van der Waals surface area contributed by atoms with Crippen LogP contribution < -0.4 is 10.1 Å². The molecule has 1 aromatic heterocycles. The zero-order valence-electron chi connectivity index (χ0n) is 18.3. The summed E-state index contributed by atoms with van der Waals surface area (Å²) in [6, 6.07) is 13.9. The van der Waals surface area contributed by atoms with Gasteiger partial charge in [-0.1, -0.05) is 12.1 Å². The molecule has 1 aliphatic heterocycles. The van der Waals surface area contributed by atoms with Gasteiger partial charge in [-0.05, 0) is 74.8 Å². The number of methoxy groups -OCH3 is 1. The van der Waals surface area contributed by atoms with Gasteiger partial charge in [-0.3, -0.25) is 9.69 Å². The van der Waals surface area contributed by atoms with E-state index in [2.05, 4.69) is 20.2 Å². The van der Waals surface area contributed by atoms with Crippen LogP contribution in [-0.2, 0) is 6.54 Å². The van der Waals surface area contributed by atoms with Crippen LogP contribution >= 0.6 is 0 Å². The number of rotatable bonds is 6. The summed E-state index contributed by atoms with van der Waals surface area (Å²) in [4.78, 5) is 24.2. The van der Waals surface area contributed by atoms with E-state index in [0.29, 0.717) is 16.9 Å². The summed E-state index contributed by atoms with van der Waals surface area (Å²) in [5, 5.41) is 2.88. The average molecular weight is 435 g/mol. The normalized spacial score (nSPS) is 14.8. The molecule has 3 aromatic rings. The number of ether oxygens (including phenoxy) is 1. The highest BCUT2D eigenvalue weighted by Crippen LogP contribution is 2.27. The van der Waals surface area contributed by atoms with Crippen LogP contribution in [0.3, 0.4) is 0 Å². The summed E-state index contributed by atoms with van der Waals surface area (Å²) < 4.78 is 18.2. The third-order valence-corrected chi connectivity index (χ3v) is 5.86. The Bertz CT molecular complexity index is 1060. The second-order valence-electron chi connectivity index (χ2n) is 8.09. The quantitative estimate of drug-likeness (QED) is 0.616. The van der Waals surface area contributed by atoms with E-state index in [4.69, 9.17) is 4.74 Å². The van der Waals surface area contributed by atoms with Crippen LogP contribution in [0, 0.1) is 12.7 Å². The van der Waals surface area contributed by atoms with Gasteiger partial charge in [0.2, 0.25) is 0 Å². The number of aromatic nitrogens is 2. The van der Waals surface area contributed by atoms with E-state index in [0.717, 1.165) is 49.6 Å². The average Bonchev–Trinajstić information content (AvgIpc) is 2.81. The van der Waals surface area contributed by atoms with E-state index in [1.807, 2.05) is 19.1 Å². The lowest BCUT2D eigenvalue weighted by Crippen LogP contribution is -2.33. The number of carbonyl (C=O) groups is 1. The molecule has 0 aliphatic carbocycles. The molecule has 1 amide bonds. The van der Waals surface area contributed by atoms with E-state index >= 15 is 0 Å². The van der Waals surface area contributed by atoms with Crippen molar-refractivity contribution >= 4 is 11.6 Å². The Hall–Kier alpha value is -3.32. The highest BCUT2D eigenvalue weighted by molar-refractivity contribution is 6.04. The van der Waals surface area contributed by atoms with Gasteiger partial charge in [0, 0.05) is 24.3 Å². The molecule has 0 unspecified atom stereocenters. The van der Waals surface area contributed by atoms with Gasteiger partial charge in [-0.15, -0.1) is 0 Å². The van der Waals surface area contributed by atoms with Gasteiger partial charge in [-0.2, -0.15) is 0 Å². The molecule has 0 bridgehead atoms. The SMILES string of the molecule is COc1ccc(NC(=O)c2cnc(C3CCN(Cc4ccc(F)cc4)CC3)nc2C)cc1. The number of hydrogen-bond acceptors (Lipinski definition) is 5. The molecular weight excluding hydrogens is 407 g/mol. The van der Waals surface area contributed by atoms with Crippen LogP contribution in [0.1, 0.15) is 46.2 Å². The zero-order valence-corrected chi connectivity index (χ0v) is 18.3. The van der Waals surface area contributed by atoms with Crippen LogP contribution in [0.25, 0.3) is 0 Å². The second-order valence-corrected chi connectivity index (χ2v) is 8.09. The lowest BCUT2D eigenvalue weighted by molar-refractivity contribution is 0.102. The molecule has 0 atom stereocenters. The van der Waals surface area contributed by atoms with Crippen molar-refractivity contribution in [3.63, 3.8) is 0 Å². The molecule has 2 heterocycles. The lowest BCUT2D eigenvalue weighted by atomic mass is 9.95. The number of aryl methyl sites for hydroxylation is 1. The minimum Gasteiger partial charge on any atom is -0.497 e. The molecule has 1 N–H and O–H groups in total. The van der Waals surface area contributed by atoms with Crippen molar-refractivity contribution < 1.29 is 13.9 Å². The van der Waals surface area contributed by atoms with Crippen LogP contribution in [0.2, 0.25) is 0 Å². The molecule has 6 nitrogen and oxygen atoms in total. The van der Waals surface area contributed by atoms with Crippen molar-refractivity contribution in [1.82, 2.24) is 14.9 Å². The molecule has 0 spiro atoms. The number of amides is 1. The predicted octanol–water partition coefficient (Wildman–Crippen LogP) is 4.56. The third kappa shape index (κ3) is 5.29. The van der Waals surface area contributed by atoms with Crippen molar-refractivity contribution in [2.24, 2.45) is 0 Å². The molecule has 1 aliphatic rings. The van der Waals surface area contributed by atoms with Crippen molar-refractivity contribution in [2.75, 3.05) is 25.5 Å². The minimum atomic E-state index is -0.228. The van der Waals surface area contributed by atoms with E-state index in [9.17, 15) is 9.18 Å². The van der Waals surface area contributed by atoms with Crippen LogP contribution in [-0.4, -0.2) is 41.0 Å². The topological polar surface area (TPSA) is 67.3 Å². The van der Waals surface area contributed by atoms with Crippen molar-refractivity contribution in [3.8, 4) is 5.75 Å². The maximum absolute atomic E-state index is 13.1. The monoisotopic (exact) mass is 434 g/mol. The van der Waals surface area contributed by atoms with Crippen molar-refractivity contribution in [1.29, 1.82) is 0 Å². The van der Waals surface area contributed by atoms with Gasteiger partial charge in [-0.25, -0.2) is 14.4 Å². The maximum Gasteiger partial charge on any atom is 0.259 e. The third-order valence-electron chi connectivity index (χ3n) is 5.86. The Labute approximate surface area is 187 Å². The van der Waals surface area contributed by atoms with E-state index < -0.39 is 0 Å². The molecule has 166 valence electrons. The number of piperidine rings is 1. The first-order valence-electron chi connectivity index (χ1n) is 10.8. The van der Waals surface area contributed by atoms with Crippen molar-refractivity contribution in [2.45, 2.75) is 32.2 Å². The summed E-state index contributed by atoms with van der Waals surface area (Å²) in [6.45, 7) is 4.53. The largest absolute Gasteiger partial charge is 0.497 e. The number of nitrogens with zero attached hydrogens (tertiary/aromatic N) is 3. The standard InChI is InChI=1S/C25H27FN4O2/c1-17-23(25(31)29-21-7-9-22(32-2)10-8-21)15-27-24(28-17)19-11-13-30(14-12-19)16-18-3-5-20(26)6-4-18/h3-10,15,19H,11-14,16H2,1-2H3,(H,29,31). The Morgan fingerprint density at radius 3 is 2.44 bits per heavy atom. The molecule has 0 radical (unpaired) electrons. The molecular formula is C25H27FN4O2. The first-order valence-corrected chi connectivity index (χ1v) is 10.8. The predicted molar refractivity (Wildman–Crippen MR) is 121 cm³/mol. The molecule has 1 fully saturated rings. The molecule has 0 saturated carbocycles. The first kappa shape index (κ1) is 21.9. The number of halogens is 1. The Kier molecular flexibility index (Phi) is 6.75. The Morgan fingerprint density at radius 1 is 1.12 bits per heavy atom. The highest BCUT2D eigenvalue weighted by Gasteiger charge is 2.24. The van der Waals surface area contributed by atoms with Crippen molar-refractivity contribution in [3.05, 3.63) is 83.2 Å². The molecule has 4 rings (SSSR count). The number of likely N-dealkylation sites (tertiary alicyclic amines) is 1. The number of benzene rings is 2. The van der Waals surface area contributed by atoms with Gasteiger partial charge in [0.25, 0.3) is 5.91 Å². The lowest BCUT2D eigenvalue weighted by Gasteiger charge is -2.31. The zero-order chi connectivity index (χ0) is 22.5. The molecule has 1 saturated heterocycles.